The van der Waals surface area contributed by atoms with E-state index in [0.29, 0.717) is 52.4 Å². The number of fused-ring (bicyclic) bond motifs is 1. The van der Waals surface area contributed by atoms with E-state index < -0.39 is 0 Å². The van der Waals surface area contributed by atoms with Crippen molar-refractivity contribution < 1.29 is 9.59 Å². The summed E-state index contributed by atoms with van der Waals surface area (Å²) < 4.78 is 1.62. The molecule has 0 atom stereocenters. The molecule has 0 spiro atoms. The lowest BCUT2D eigenvalue weighted by Gasteiger charge is -2.34. The number of rotatable bonds is 3. The molecule has 0 unspecified atom stereocenters. The molecule has 32 heavy (non-hydrogen) atoms. The highest BCUT2D eigenvalue weighted by Gasteiger charge is 2.27. The maximum Gasteiger partial charge on any atom is 0.274 e. The Morgan fingerprint density at radius 3 is 2.25 bits per heavy atom. The molecule has 162 valence electrons. The van der Waals surface area contributed by atoms with Gasteiger partial charge in [0, 0.05) is 54.1 Å². The van der Waals surface area contributed by atoms with Gasteiger partial charge in [-0.1, -0.05) is 29.3 Å². The molecule has 1 fully saturated rings. The number of thiophene rings is 1. The minimum absolute atomic E-state index is 0.00820. The lowest BCUT2D eigenvalue weighted by molar-refractivity contribution is 0.0534. The van der Waals surface area contributed by atoms with E-state index in [1.165, 1.54) is 11.3 Å². The smallest absolute Gasteiger partial charge is 0.274 e. The van der Waals surface area contributed by atoms with Crippen LogP contribution >= 0.6 is 34.5 Å². The second kappa shape index (κ2) is 8.54. The van der Waals surface area contributed by atoms with Crippen molar-refractivity contribution in [3.8, 4) is 11.3 Å². The summed E-state index contributed by atoms with van der Waals surface area (Å²) in [4.78, 5) is 34.2. The average Bonchev–Trinajstić information content (AvgIpc) is 3.47. The van der Waals surface area contributed by atoms with Gasteiger partial charge in [0.15, 0.2) is 11.3 Å². The Kier molecular flexibility index (Phi) is 5.58. The Hall–Kier alpha value is -2.94. The predicted octanol–water partition coefficient (Wildman–Crippen LogP) is 4.36. The third-order valence-electron chi connectivity index (χ3n) is 5.32. The van der Waals surface area contributed by atoms with Gasteiger partial charge < -0.3 is 9.80 Å². The van der Waals surface area contributed by atoms with Gasteiger partial charge in [-0.05, 0) is 35.7 Å². The second-order valence-electron chi connectivity index (χ2n) is 7.35. The molecule has 0 bridgehead atoms. The van der Waals surface area contributed by atoms with Gasteiger partial charge in [0.1, 0.15) is 0 Å². The minimum atomic E-state index is -0.186. The Bertz CT molecular complexity index is 1290. The molecule has 4 heterocycles. The van der Waals surface area contributed by atoms with Gasteiger partial charge in [-0.15, -0.1) is 11.3 Å². The summed E-state index contributed by atoms with van der Waals surface area (Å²) in [7, 11) is 0. The Morgan fingerprint density at radius 2 is 1.59 bits per heavy atom. The molecule has 0 saturated carbocycles. The summed E-state index contributed by atoms with van der Waals surface area (Å²) in [6.45, 7) is 1.88. The van der Waals surface area contributed by atoms with Crippen LogP contribution in [-0.4, -0.2) is 62.4 Å². The van der Waals surface area contributed by atoms with Crippen molar-refractivity contribution in [2.24, 2.45) is 0 Å². The van der Waals surface area contributed by atoms with Crippen LogP contribution in [0.3, 0.4) is 0 Å². The van der Waals surface area contributed by atoms with Crippen molar-refractivity contribution in [2.45, 2.75) is 0 Å². The number of benzene rings is 1. The highest BCUT2D eigenvalue weighted by molar-refractivity contribution is 7.12. The largest absolute Gasteiger partial charge is 0.334 e. The van der Waals surface area contributed by atoms with Crippen molar-refractivity contribution >= 4 is 52.0 Å². The highest BCUT2D eigenvalue weighted by Crippen LogP contribution is 2.27. The Labute approximate surface area is 197 Å². The first-order valence-corrected chi connectivity index (χ1v) is 11.6. The number of hydrogen-bond donors (Lipinski definition) is 0. The van der Waals surface area contributed by atoms with Crippen molar-refractivity contribution in [3.05, 3.63) is 74.7 Å². The second-order valence-corrected chi connectivity index (χ2v) is 9.17. The van der Waals surface area contributed by atoms with E-state index in [-0.39, 0.29) is 11.8 Å². The molecule has 3 aromatic heterocycles. The normalized spacial score (nSPS) is 14.2. The van der Waals surface area contributed by atoms with Crippen molar-refractivity contribution in [2.75, 3.05) is 26.2 Å². The molecule has 4 aromatic rings. The van der Waals surface area contributed by atoms with Gasteiger partial charge in [0.05, 0.1) is 10.6 Å². The number of carbonyl (C=O) groups is 2. The summed E-state index contributed by atoms with van der Waals surface area (Å²) in [5.74, 6) is -0.178. The minimum Gasteiger partial charge on any atom is -0.334 e. The van der Waals surface area contributed by atoms with E-state index >= 15 is 0 Å². The predicted molar refractivity (Wildman–Crippen MR) is 125 cm³/mol. The molecule has 10 heteroatoms. The molecule has 0 N–H and O–H groups in total. The van der Waals surface area contributed by atoms with Gasteiger partial charge in [0.2, 0.25) is 0 Å². The molecule has 2 amide bonds. The number of amides is 2. The zero-order valence-electron chi connectivity index (χ0n) is 16.7. The third-order valence-corrected chi connectivity index (χ3v) is 6.62. The maximum atomic E-state index is 13.1. The quantitative estimate of drug-likeness (QED) is 0.432. The van der Waals surface area contributed by atoms with E-state index in [2.05, 4.69) is 10.1 Å². The first kappa shape index (κ1) is 20.9. The zero-order chi connectivity index (χ0) is 22.2. The van der Waals surface area contributed by atoms with Crippen LogP contribution in [0.4, 0.5) is 0 Å². The maximum absolute atomic E-state index is 13.1. The fourth-order valence-electron chi connectivity index (χ4n) is 3.75. The summed E-state index contributed by atoms with van der Waals surface area (Å²) in [6, 6.07) is 12.4. The number of halogens is 2. The van der Waals surface area contributed by atoms with Crippen LogP contribution < -0.4 is 0 Å². The standard InChI is InChI=1S/C22H17Cl2N5O2S/c23-15-10-14(11-16(24)12-15)18-3-4-25-20-13-17(26-29(18)20)21(30)27-5-7-28(8-6-27)22(31)19-2-1-9-32-19/h1-4,9-13H,5-8H2. The van der Waals surface area contributed by atoms with Crippen molar-refractivity contribution in [3.63, 3.8) is 0 Å². The topological polar surface area (TPSA) is 70.8 Å². The molecular weight excluding hydrogens is 469 g/mol. The molecule has 5 rings (SSSR count). The SMILES string of the molecule is O=C(c1cc2nccc(-c3cc(Cl)cc(Cl)c3)n2n1)N1CCN(C(=O)c2cccs2)CC1. The third kappa shape index (κ3) is 3.97. The fourth-order valence-corrected chi connectivity index (χ4v) is 4.97. The molecule has 1 aromatic carbocycles. The molecule has 7 nitrogen and oxygen atoms in total. The molecular formula is C22H17Cl2N5O2S. The first-order chi connectivity index (χ1) is 15.5. The van der Waals surface area contributed by atoms with Crippen LogP contribution in [-0.2, 0) is 0 Å². The fraction of sp³-hybridized carbons (Fsp3) is 0.182. The van der Waals surface area contributed by atoms with E-state index in [1.807, 2.05) is 17.5 Å². The van der Waals surface area contributed by atoms with Gasteiger partial charge >= 0.3 is 0 Å². The zero-order valence-corrected chi connectivity index (χ0v) is 19.1. The van der Waals surface area contributed by atoms with Crippen LogP contribution in [0.1, 0.15) is 20.2 Å². The van der Waals surface area contributed by atoms with Crippen LogP contribution in [0.5, 0.6) is 0 Å². The van der Waals surface area contributed by atoms with Crippen LogP contribution in [0, 0.1) is 0 Å². The molecule has 1 aliphatic heterocycles. The first-order valence-electron chi connectivity index (χ1n) is 9.93. The van der Waals surface area contributed by atoms with Crippen LogP contribution in [0.2, 0.25) is 10.0 Å². The number of carbonyl (C=O) groups excluding carboxylic acids is 2. The number of hydrogen-bond acceptors (Lipinski definition) is 5. The number of nitrogens with zero attached hydrogens (tertiary/aromatic N) is 5. The van der Waals surface area contributed by atoms with Gasteiger partial charge in [-0.2, -0.15) is 5.10 Å². The molecule has 1 aliphatic rings. The number of piperazine rings is 1. The lowest BCUT2D eigenvalue weighted by Crippen LogP contribution is -2.50. The van der Waals surface area contributed by atoms with Gasteiger partial charge in [-0.3, -0.25) is 9.59 Å². The van der Waals surface area contributed by atoms with Crippen LogP contribution in [0.25, 0.3) is 16.9 Å². The summed E-state index contributed by atoms with van der Waals surface area (Å²) in [6.07, 6.45) is 1.66. The van der Waals surface area contributed by atoms with Gasteiger partial charge in [0.25, 0.3) is 11.8 Å². The average molecular weight is 486 g/mol. The highest BCUT2D eigenvalue weighted by atomic mass is 35.5. The van der Waals surface area contributed by atoms with E-state index in [0.717, 1.165) is 11.3 Å². The van der Waals surface area contributed by atoms with E-state index in [4.69, 9.17) is 23.2 Å². The summed E-state index contributed by atoms with van der Waals surface area (Å²) in [5.41, 5.74) is 2.35. The molecule has 1 saturated heterocycles. The summed E-state index contributed by atoms with van der Waals surface area (Å²) in [5, 5.41) is 7.42. The Balaban J connectivity index is 1.36. The van der Waals surface area contributed by atoms with E-state index in [1.54, 1.807) is 50.8 Å². The van der Waals surface area contributed by atoms with E-state index in [9.17, 15) is 9.59 Å². The van der Waals surface area contributed by atoms with Crippen LogP contribution in [0.15, 0.2) is 54.0 Å². The summed E-state index contributed by atoms with van der Waals surface area (Å²) >= 11 is 13.7. The molecule has 0 aliphatic carbocycles. The Morgan fingerprint density at radius 1 is 0.906 bits per heavy atom. The molecule has 0 radical (unpaired) electrons. The number of aromatic nitrogens is 3. The van der Waals surface area contributed by atoms with Gasteiger partial charge in [-0.25, -0.2) is 9.50 Å². The van der Waals surface area contributed by atoms with Crippen molar-refractivity contribution in [1.29, 1.82) is 0 Å². The van der Waals surface area contributed by atoms with Crippen molar-refractivity contribution in [1.82, 2.24) is 24.4 Å². The lowest BCUT2D eigenvalue weighted by atomic mass is 10.1. The monoisotopic (exact) mass is 485 g/mol.